The summed E-state index contributed by atoms with van der Waals surface area (Å²) in [5.74, 6) is -1.58. The summed E-state index contributed by atoms with van der Waals surface area (Å²) >= 11 is 5.70. The lowest BCUT2D eigenvalue weighted by molar-refractivity contribution is -0.142. The number of anilines is 1. The van der Waals surface area contributed by atoms with Crippen LogP contribution in [-0.2, 0) is 14.4 Å². The molecule has 1 aromatic carbocycles. The minimum Gasteiger partial charge on any atom is -0.421 e. The van der Waals surface area contributed by atoms with Crippen LogP contribution in [-0.4, -0.2) is 28.4 Å². The summed E-state index contributed by atoms with van der Waals surface area (Å²) in [6, 6.07) is 2.57. The normalized spacial score (nSPS) is 13.5. The molecule has 0 unspecified atom stereocenters. The number of aryl methyl sites for hydroxylation is 1. The van der Waals surface area contributed by atoms with Gasteiger partial charge in [-0.25, -0.2) is 19.8 Å². The molecule has 1 fully saturated rings. The van der Waals surface area contributed by atoms with Crippen molar-refractivity contribution < 1.29 is 23.6 Å². The van der Waals surface area contributed by atoms with Crippen LogP contribution >= 0.6 is 11.6 Å². The number of nitrogens with zero attached hydrogens (tertiary/aromatic N) is 2. The molecule has 1 aromatic heterocycles. The van der Waals surface area contributed by atoms with Gasteiger partial charge in [-0.2, -0.15) is 0 Å². The second kappa shape index (κ2) is 8.94. The Morgan fingerprint density at radius 2 is 2.00 bits per heavy atom. The van der Waals surface area contributed by atoms with Crippen LogP contribution in [0.25, 0.3) is 0 Å². The van der Waals surface area contributed by atoms with E-state index in [-0.39, 0.29) is 29.3 Å². The van der Waals surface area contributed by atoms with E-state index in [1.807, 2.05) is 0 Å². The summed E-state index contributed by atoms with van der Waals surface area (Å²) in [4.78, 5) is 36.1. The Hall–Kier alpha value is -2.78. The maximum Gasteiger partial charge on any atom is 0.322 e. The van der Waals surface area contributed by atoms with E-state index in [0.29, 0.717) is 10.6 Å². The van der Waals surface area contributed by atoms with Crippen LogP contribution in [0.2, 0.25) is 5.02 Å². The van der Waals surface area contributed by atoms with Gasteiger partial charge in [-0.15, -0.1) is 0 Å². The highest BCUT2D eigenvalue weighted by atomic mass is 35.5. The molecule has 2 amide bonds. The van der Waals surface area contributed by atoms with Crippen LogP contribution in [0.1, 0.15) is 24.8 Å². The van der Waals surface area contributed by atoms with E-state index in [9.17, 15) is 14.0 Å². The first-order chi connectivity index (χ1) is 13.4. The van der Waals surface area contributed by atoms with Gasteiger partial charge in [-0.05, 0) is 31.4 Å². The van der Waals surface area contributed by atoms with Crippen molar-refractivity contribution in [2.24, 2.45) is 5.92 Å². The molecule has 0 saturated heterocycles. The van der Waals surface area contributed by atoms with E-state index in [0.717, 1.165) is 25.3 Å². The Labute approximate surface area is 165 Å². The first-order valence-electron chi connectivity index (χ1n) is 8.59. The Balaban J connectivity index is 1.54. The number of amides is 2. The number of ether oxygens (including phenoxy) is 1. The van der Waals surface area contributed by atoms with Crippen molar-refractivity contribution in [3.05, 3.63) is 40.9 Å². The second-order valence-corrected chi connectivity index (χ2v) is 6.76. The number of carbonyl (C=O) groups is 2. The fraction of sp³-hybridized carbons (Fsp3) is 0.333. The average molecular weight is 409 g/mol. The maximum absolute atomic E-state index is 14.4. The molecule has 148 valence electrons. The van der Waals surface area contributed by atoms with E-state index in [1.54, 1.807) is 6.92 Å². The van der Waals surface area contributed by atoms with Crippen LogP contribution < -0.4 is 15.5 Å². The molecule has 10 heteroatoms. The molecule has 0 aliphatic heterocycles. The zero-order valence-electron chi connectivity index (χ0n) is 15.0. The standard InChI is InChI=1S/C18H18ClFN4O4/c1-10-5-13(23-15(25)9-27-24-17(26)11-3-2-4-11)6-14(20)16(10)28-18-21-7-12(19)8-22-18/h5-8,11H,2-4,9H2,1H3,(H,23,25)(H,24,26). The van der Waals surface area contributed by atoms with E-state index >= 15 is 0 Å². The van der Waals surface area contributed by atoms with Gasteiger partial charge in [0.25, 0.3) is 5.91 Å². The van der Waals surface area contributed by atoms with E-state index in [1.165, 1.54) is 18.5 Å². The van der Waals surface area contributed by atoms with Crippen molar-refractivity contribution in [3.63, 3.8) is 0 Å². The van der Waals surface area contributed by atoms with Crippen LogP contribution in [0.4, 0.5) is 10.1 Å². The maximum atomic E-state index is 14.4. The van der Waals surface area contributed by atoms with E-state index < -0.39 is 18.3 Å². The van der Waals surface area contributed by atoms with Gasteiger partial charge in [0.05, 0.1) is 17.4 Å². The van der Waals surface area contributed by atoms with Gasteiger partial charge < -0.3 is 10.1 Å². The fourth-order valence-electron chi connectivity index (χ4n) is 2.50. The number of hydrogen-bond acceptors (Lipinski definition) is 6. The lowest BCUT2D eigenvalue weighted by atomic mass is 9.85. The number of hydrogen-bond donors (Lipinski definition) is 2. The zero-order chi connectivity index (χ0) is 20.1. The summed E-state index contributed by atoms with van der Waals surface area (Å²) in [5.41, 5.74) is 2.89. The number of carbonyl (C=O) groups excluding carboxylic acids is 2. The Kier molecular flexibility index (Phi) is 6.37. The number of aromatic nitrogens is 2. The molecule has 0 bridgehead atoms. The SMILES string of the molecule is Cc1cc(NC(=O)CONC(=O)C2CCC2)cc(F)c1Oc1ncc(Cl)cn1. The summed E-state index contributed by atoms with van der Waals surface area (Å²) in [7, 11) is 0. The van der Waals surface area contributed by atoms with Gasteiger partial charge in [0.1, 0.15) is 0 Å². The van der Waals surface area contributed by atoms with Crippen molar-refractivity contribution in [1.82, 2.24) is 15.4 Å². The summed E-state index contributed by atoms with van der Waals surface area (Å²) in [6.07, 6.45) is 5.34. The lowest BCUT2D eigenvalue weighted by Gasteiger charge is -2.23. The Morgan fingerprint density at radius 3 is 2.61 bits per heavy atom. The zero-order valence-corrected chi connectivity index (χ0v) is 15.8. The van der Waals surface area contributed by atoms with Crippen LogP contribution in [0.15, 0.2) is 24.5 Å². The summed E-state index contributed by atoms with van der Waals surface area (Å²) in [5, 5.41) is 2.82. The first kappa shape index (κ1) is 20.0. The van der Waals surface area contributed by atoms with Gasteiger partial charge in [-0.3, -0.25) is 14.4 Å². The molecule has 0 spiro atoms. The molecule has 0 radical (unpaired) electrons. The van der Waals surface area contributed by atoms with Crippen molar-refractivity contribution in [3.8, 4) is 11.8 Å². The van der Waals surface area contributed by atoms with Crippen molar-refractivity contribution in [2.45, 2.75) is 26.2 Å². The summed E-state index contributed by atoms with van der Waals surface area (Å²) < 4.78 is 19.7. The molecular formula is C18H18ClFN4O4. The molecule has 1 aliphatic rings. The van der Waals surface area contributed by atoms with Gasteiger partial charge in [0.2, 0.25) is 5.91 Å². The number of nitrogens with one attached hydrogen (secondary N) is 2. The van der Waals surface area contributed by atoms with E-state index in [2.05, 4.69) is 20.8 Å². The molecule has 1 saturated carbocycles. The highest BCUT2D eigenvalue weighted by Crippen LogP contribution is 2.29. The average Bonchev–Trinajstić information content (AvgIpc) is 2.58. The monoisotopic (exact) mass is 408 g/mol. The predicted octanol–water partition coefficient (Wildman–Crippen LogP) is 3.16. The third kappa shape index (κ3) is 5.14. The van der Waals surface area contributed by atoms with Crippen molar-refractivity contribution in [1.29, 1.82) is 0 Å². The Morgan fingerprint density at radius 1 is 1.29 bits per heavy atom. The molecule has 0 atom stereocenters. The third-order valence-electron chi connectivity index (χ3n) is 4.16. The largest absolute Gasteiger partial charge is 0.421 e. The predicted molar refractivity (Wildman–Crippen MR) is 98.3 cm³/mol. The van der Waals surface area contributed by atoms with Crippen LogP contribution in [0, 0.1) is 18.7 Å². The molecule has 8 nitrogen and oxygen atoms in total. The number of benzene rings is 1. The highest BCUT2D eigenvalue weighted by Gasteiger charge is 2.25. The smallest absolute Gasteiger partial charge is 0.322 e. The minimum absolute atomic E-state index is 0.0445. The number of halogens is 2. The first-order valence-corrected chi connectivity index (χ1v) is 8.97. The van der Waals surface area contributed by atoms with Crippen LogP contribution in [0.5, 0.6) is 11.8 Å². The molecule has 2 N–H and O–H groups in total. The molecule has 2 aromatic rings. The Bertz CT molecular complexity index is 851. The van der Waals surface area contributed by atoms with Gasteiger partial charge in [0, 0.05) is 17.7 Å². The second-order valence-electron chi connectivity index (χ2n) is 6.32. The minimum atomic E-state index is -0.701. The molecule has 1 heterocycles. The van der Waals surface area contributed by atoms with E-state index in [4.69, 9.17) is 21.2 Å². The van der Waals surface area contributed by atoms with Gasteiger partial charge >= 0.3 is 6.01 Å². The van der Waals surface area contributed by atoms with Gasteiger partial charge in [0.15, 0.2) is 18.2 Å². The molecule has 28 heavy (non-hydrogen) atoms. The topological polar surface area (TPSA) is 102 Å². The molecular weight excluding hydrogens is 391 g/mol. The van der Waals surface area contributed by atoms with Crippen molar-refractivity contribution in [2.75, 3.05) is 11.9 Å². The van der Waals surface area contributed by atoms with Crippen molar-refractivity contribution >= 4 is 29.1 Å². The molecule has 3 rings (SSSR count). The third-order valence-corrected chi connectivity index (χ3v) is 4.35. The van der Waals surface area contributed by atoms with Crippen LogP contribution in [0.3, 0.4) is 0 Å². The lowest BCUT2D eigenvalue weighted by Crippen LogP contribution is -2.36. The number of hydroxylamine groups is 1. The number of rotatable bonds is 7. The quantitative estimate of drug-likeness (QED) is 0.682. The highest BCUT2D eigenvalue weighted by molar-refractivity contribution is 6.30. The molecule has 1 aliphatic carbocycles. The summed E-state index contributed by atoms with van der Waals surface area (Å²) in [6.45, 7) is 1.22. The van der Waals surface area contributed by atoms with Gasteiger partial charge in [-0.1, -0.05) is 18.0 Å². The fourth-order valence-corrected chi connectivity index (χ4v) is 2.60.